The second-order valence-corrected chi connectivity index (χ2v) is 12.3. The number of aryl methyl sites for hydroxylation is 1. The summed E-state index contributed by atoms with van der Waals surface area (Å²) >= 11 is 0. The lowest BCUT2D eigenvalue weighted by molar-refractivity contribution is -0.137. The topological polar surface area (TPSA) is 93.3 Å². The number of halogens is 3. The first-order chi connectivity index (χ1) is 23.8. The number of alkyl halides is 3. The van der Waals surface area contributed by atoms with Gasteiger partial charge in [-0.2, -0.15) is 13.2 Å². The molecule has 4 amide bonds. The summed E-state index contributed by atoms with van der Waals surface area (Å²) in [6.07, 6.45) is 2.99. The molecule has 12 heteroatoms. The highest BCUT2D eigenvalue weighted by atomic mass is 19.4. The summed E-state index contributed by atoms with van der Waals surface area (Å²) in [5.74, 6) is -1.97. The lowest BCUT2D eigenvalue weighted by atomic mass is 9.88. The van der Waals surface area contributed by atoms with Crippen molar-refractivity contribution in [2.45, 2.75) is 33.4 Å². The summed E-state index contributed by atoms with van der Waals surface area (Å²) in [5.41, 5.74) is 1.36. The molecule has 0 atom stereocenters. The van der Waals surface area contributed by atoms with E-state index in [1.165, 1.54) is 17.9 Å². The lowest BCUT2D eigenvalue weighted by Gasteiger charge is -2.30. The van der Waals surface area contributed by atoms with Crippen molar-refractivity contribution in [2.24, 2.45) is 0 Å². The number of carbonyl (C=O) groups is 4. The van der Waals surface area contributed by atoms with Crippen LogP contribution >= 0.6 is 0 Å². The molecule has 0 aliphatic carbocycles. The number of hydrogen-bond acceptors (Lipinski definition) is 7. The van der Waals surface area contributed by atoms with Crippen LogP contribution in [0.1, 0.15) is 68.0 Å². The van der Waals surface area contributed by atoms with Crippen LogP contribution in [0.2, 0.25) is 0 Å². The number of fused-ring (bicyclic) bond motifs is 1. The van der Waals surface area contributed by atoms with Gasteiger partial charge in [0.05, 0.1) is 11.3 Å². The van der Waals surface area contributed by atoms with Crippen LogP contribution in [0.25, 0.3) is 16.3 Å². The summed E-state index contributed by atoms with van der Waals surface area (Å²) in [6, 6.07) is 10.8. The molecule has 3 aromatic rings. The van der Waals surface area contributed by atoms with Gasteiger partial charge in [0.15, 0.2) is 0 Å². The van der Waals surface area contributed by atoms with Gasteiger partial charge in [-0.25, -0.2) is 0 Å². The minimum absolute atomic E-state index is 0.00455. The molecule has 2 aliphatic rings. The monoisotopic (exact) mass is 687 g/mol. The zero-order chi connectivity index (χ0) is 36.3. The minimum Gasteiger partial charge on any atom is -0.324 e. The number of imide groups is 2. The highest BCUT2D eigenvalue weighted by molar-refractivity contribution is 6.31. The lowest BCUT2D eigenvalue weighted by Crippen LogP contribution is -2.45. The molecule has 0 aromatic heterocycles. The van der Waals surface area contributed by atoms with E-state index in [0.29, 0.717) is 42.6 Å². The molecule has 0 unspecified atom stereocenters. The molecule has 0 bridgehead atoms. The number of likely N-dealkylation sites (N-methyl/N-ethyl adjacent to an activating group) is 1. The third-order valence-electron chi connectivity index (χ3n) is 9.04. The minimum atomic E-state index is -4.62. The van der Waals surface area contributed by atoms with Gasteiger partial charge in [-0.1, -0.05) is 30.9 Å². The average molecular weight is 688 g/mol. The molecule has 9 nitrogen and oxygen atoms in total. The zero-order valence-corrected chi connectivity index (χ0v) is 28.6. The Morgan fingerprint density at radius 3 is 2.20 bits per heavy atom. The molecule has 0 radical (unpaired) electrons. The first-order valence-electron chi connectivity index (χ1n) is 16.4. The molecule has 0 saturated heterocycles. The van der Waals surface area contributed by atoms with Gasteiger partial charge < -0.3 is 15.1 Å². The van der Waals surface area contributed by atoms with Crippen LogP contribution in [0, 0.1) is 6.92 Å². The Hall–Kier alpha value is -5.07. The number of rotatable bonds is 13. The number of allylic oxidation sites excluding steroid dienone is 2. The molecule has 0 fully saturated rings. The van der Waals surface area contributed by atoms with Crippen molar-refractivity contribution < 1.29 is 32.3 Å². The molecular formula is C38H40F3N5O4. The van der Waals surface area contributed by atoms with Crippen molar-refractivity contribution in [2.75, 3.05) is 51.2 Å². The highest BCUT2D eigenvalue weighted by Crippen LogP contribution is 2.38. The smallest absolute Gasteiger partial charge is 0.324 e. The molecule has 0 spiro atoms. The van der Waals surface area contributed by atoms with Crippen LogP contribution in [0.15, 0.2) is 73.6 Å². The maximum Gasteiger partial charge on any atom is 0.416 e. The van der Waals surface area contributed by atoms with Crippen molar-refractivity contribution >= 4 is 45.7 Å². The van der Waals surface area contributed by atoms with E-state index in [0.717, 1.165) is 28.1 Å². The van der Waals surface area contributed by atoms with Gasteiger partial charge in [0.2, 0.25) is 0 Å². The Morgan fingerprint density at radius 1 is 0.860 bits per heavy atom. The van der Waals surface area contributed by atoms with E-state index in [4.69, 9.17) is 0 Å². The van der Waals surface area contributed by atoms with Crippen LogP contribution < -0.4 is 10.2 Å². The molecule has 2 heterocycles. The molecule has 262 valence electrons. The maximum absolute atomic E-state index is 13.5. The fraction of sp³-hybridized carbons (Fsp3) is 0.316. The van der Waals surface area contributed by atoms with Crippen LogP contribution in [0.5, 0.6) is 0 Å². The third-order valence-corrected chi connectivity index (χ3v) is 9.04. The van der Waals surface area contributed by atoms with Gasteiger partial charge >= 0.3 is 6.18 Å². The molecule has 3 aromatic carbocycles. The predicted octanol–water partition coefficient (Wildman–Crippen LogP) is 6.24. The first-order valence-corrected chi connectivity index (χ1v) is 16.4. The standard InChI is InChI=1S/C38H40F3N5O4/c1-6-17-44(8-3)31-14-13-29-33-27(31)11-9-12-28(33)35(48)46(36(29)49)21-20-43(5)18-10-15-42-16-19-45-34(47)26(7-2)32-24(4)22-25(38(39,40)41)23-30(32)37(45)50/h6-9,11-14,17,22-23,42H,3,10,15-16,18-21H2,1-2,4-5H3/b17-6-,26-7+. The molecule has 2 aliphatic heterocycles. The highest BCUT2D eigenvalue weighted by Gasteiger charge is 2.39. The van der Waals surface area contributed by atoms with Crippen molar-refractivity contribution in [1.82, 2.24) is 20.0 Å². The van der Waals surface area contributed by atoms with Gasteiger partial charge in [-0.05, 0) is 83.2 Å². The average Bonchev–Trinajstić information content (AvgIpc) is 3.08. The van der Waals surface area contributed by atoms with Crippen molar-refractivity contribution in [3.63, 3.8) is 0 Å². The molecule has 50 heavy (non-hydrogen) atoms. The summed E-state index contributed by atoms with van der Waals surface area (Å²) in [4.78, 5) is 59.5. The Kier molecular flexibility index (Phi) is 10.7. The summed E-state index contributed by atoms with van der Waals surface area (Å²) in [5, 5.41) is 4.61. The third kappa shape index (κ3) is 6.86. The largest absolute Gasteiger partial charge is 0.416 e. The van der Waals surface area contributed by atoms with E-state index in [-0.39, 0.29) is 53.7 Å². The molecular weight excluding hydrogens is 647 g/mol. The number of anilines is 1. The Bertz CT molecular complexity index is 1910. The number of benzene rings is 3. The normalized spacial score (nSPS) is 15.6. The van der Waals surface area contributed by atoms with E-state index in [2.05, 4.69) is 11.9 Å². The van der Waals surface area contributed by atoms with Gasteiger partial charge in [0.1, 0.15) is 0 Å². The SMILES string of the molecule is C=CN(/C=C\C)c1ccc2c3c(cccc13)C(=O)N(CCN(C)CCCNCCN1C(=O)/C(=C/C)c3c(C)cc(C(F)(F)F)cc3C1=O)C2=O. The van der Waals surface area contributed by atoms with Crippen molar-refractivity contribution in [3.05, 3.63) is 107 Å². The van der Waals surface area contributed by atoms with Crippen molar-refractivity contribution in [3.8, 4) is 0 Å². The Labute approximate surface area is 289 Å². The van der Waals surface area contributed by atoms with Gasteiger partial charge in [0, 0.05) is 77.2 Å². The van der Waals surface area contributed by atoms with Gasteiger partial charge in [-0.3, -0.25) is 29.0 Å². The van der Waals surface area contributed by atoms with Crippen LogP contribution in [0.4, 0.5) is 18.9 Å². The Morgan fingerprint density at radius 2 is 1.54 bits per heavy atom. The van der Waals surface area contributed by atoms with E-state index in [1.807, 2.05) is 54.2 Å². The van der Waals surface area contributed by atoms with Crippen LogP contribution in [0.3, 0.4) is 0 Å². The summed E-state index contributed by atoms with van der Waals surface area (Å²) < 4.78 is 40.4. The number of carbonyl (C=O) groups excluding carboxylic acids is 4. The van der Waals surface area contributed by atoms with E-state index >= 15 is 0 Å². The van der Waals surface area contributed by atoms with Gasteiger partial charge in [-0.15, -0.1) is 0 Å². The zero-order valence-electron chi connectivity index (χ0n) is 28.6. The summed E-state index contributed by atoms with van der Waals surface area (Å²) in [7, 11) is 1.89. The van der Waals surface area contributed by atoms with E-state index < -0.39 is 23.6 Å². The molecule has 0 saturated carbocycles. The van der Waals surface area contributed by atoms with Crippen molar-refractivity contribution in [1.29, 1.82) is 0 Å². The van der Waals surface area contributed by atoms with Gasteiger partial charge in [0.25, 0.3) is 23.6 Å². The number of hydrogen-bond donors (Lipinski definition) is 1. The number of nitrogens with zero attached hydrogens (tertiary/aromatic N) is 4. The maximum atomic E-state index is 13.5. The Balaban J connectivity index is 1.13. The van der Waals surface area contributed by atoms with Crippen LogP contribution in [-0.4, -0.2) is 84.6 Å². The van der Waals surface area contributed by atoms with E-state index in [9.17, 15) is 32.3 Å². The van der Waals surface area contributed by atoms with Crippen LogP contribution in [-0.2, 0) is 11.0 Å². The summed E-state index contributed by atoms with van der Waals surface area (Å²) in [6.45, 7) is 10.9. The number of amides is 4. The molecule has 1 N–H and O–H groups in total. The predicted molar refractivity (Wildman–Crippen MR) is 188 cm³/mol. The first kappa shape index (κ1) is 36.2. The fourth-order valence-corrected chi connectivity index (χ4v) is 6.57. The second-order valence-electron chi connectivity index (χ2n) is 12.3. The quantitative estimate of drug-likeness (QED) is 0.129. The van der Waals surface area contributed by atoms with E-state index in [1.54, 1.807) is 25.3 Å². The fourth-order valence-electron chi connectivity index (χ4n) is 6.57. The second kappa shape index (κ2) is 14.8. The number of nitrogens with one attached hydrogen (secondary N) is 1. The molecule has 5 rings (SSSR count).